The lowest BCUT2D eigenvalue weighted by Gasteiger charge is -2.27. The van der Waals surface area contributed by atoms with Crippen molar-refractivity contribution in [1.82, 2.24) is 5.32 Å². The Kier molecular flexibility index (Phi) is 4.06. The van der Waals surface area contributed by atoms with Crippen LogP contribution in [-0.2, 0) is 0 Å². The number of rotatable bonds is 2. The minimum Gasteiger partial charge on any atom is -0.349 e. The summed E-state index contributed by atoms with van der Waals surface area (Å²) in [6.45, 7) is 2.25. The van der Waals surface area contributed by atoms with Crippen molar-refractivity contribution in [3.05, 3.63) is 34.9 Å². The fourth-order valence-electron chi connectivity index (χ4n) is 2.44. The van der Waals surface area contributed by atoms with E-state index in [-0.39, 0.29) is 5.91 Å². The molecule has 0 aromatic heterocycles. The first kappa shape index (κ1) is 12.4. The number of hydrogen-bond acceptors (Lipinski definition) is 1. The van der Waals surface area contributed by atoms with Crippen molar-refractivity contribution < 1.29 is 4.79 Å². The number of carbonyl (C=O) groups excluding carboxylic acids is 1. The van der Waals surface area contributed by atoms with E-state index in [1.807, 2.05) is 0 Å². The van der Waals surface area contributed by atoms with E-state index in [4.69, 9.17) is 11.6 Å². The molecule has 0 radical (unpaired) electrons. The summed E-state index contributed by atoms with van der Waals surface area (Å²) >= 11 is 5.80. The van der Waals surface area contributed by atoms with E-state index in [9.17, 15) is 4.79 Å². The van der Waals surface area contributed by atoms with Gasteiger partial charge in [-0.15, -0.1) is 0 Å². The Morgan fingerprint density at radius 2 is 2.00 bits per heavy atom. The van der Waals surface area contributed by atoms with E-state index in [0.29, 0.717) is 16.6 Å². The third-order valence-electron chi connectivity index (χ3n) is 3.38. The second-order valence-electron chi connectivity index (χ2n) is 4.95. The Labute approximate surface area is 107 Å². The Morgan fingerprint density at radius 1 is 1.29 bits per heavy atom. The highest BCUT2D eigenvalue weighted by atomic mass is 35.5. The smallest absolute Gasteiger partial charge is 0.251 e. The number of hydrogen-bond donors (Lipinski definition) is 1. The lowest BCUT2D eigenvalue weighted by Crippen LogP contribution is -2.37. The molecular weight excluding hydrogens is 234 g/mol. The van der Waals surface area contributed by atoms with Gasteiger partial charge >= 0.3 is 0 Å². The molecule has 3 heteroatoms. The normalized spacial score (nSPS) is 24.4. The molecule has 2 atom stereocenters. The number of halogens is 1. The van der Waals surface area contributed by atoms with Crippen LogP contribution in [0.15, 0.2) is 24.3 Å². The molecule has 0 heterocycles. The average molecular weight is 252 g/mol. The van der Waals surface area contributed by atoms with Crippen molar-refractivity contribution in [1.29, 1.82) is 0 Å². The first-order chi connectivity index (χ1) is 8.15. The molecule has 1 aliphatic carbocycles. The van der Waals surface area contributed by atoms with Crippen LogP contribution >= 0.6 is 11.6 Å². The van der Waals surface area contributed by atoms with Gasteiger partial charge in [-0.05, 0) is 43.0 Å². The fourth-order valence-corrected chi connectivity index (χ4v) is 2.56. The Balaban J connectivity index is 1.94. The number of nitrogens with one attached hydrogen (secondary N) is 1. The van der Waals surface area contributed by atoms with Crippen molar-refractivity contribution in [2.45, 2.75) is 38.6 Å². The van der Waals surface area contributed by atoms with Gasteiger partial charge in [-0.1, -0.05) is 31.4 Å². The summed E-state index contributed by atoms with van der Waals surface area (Å²) in [4.78, 5) is 12.0. The van der Waals surface area contributed by atoms with Crippen LogP contribution in [-0.4, -0.2) is 11.9 Å². The topological polar surface area (TPSA) is 29.1 Å². The molecule has 1 N–H and O–H groups in total. The molecule has 92 valence electrons. The molecule has 2 rings (SSSR count). The standard InChI is InChI=1S/C14H18ClNO/c1-10-3-2-4-13(9-10)16-14(17)11-5-7-12(15)8-6-11/h5-8,10,13H,2-4,9H2,1H3,(H,16,17). The van der Waals surface area contributed by atoms with E-state index < -0.39 is 0 Å². The molecule has 1 aromatic carbocycles. The highest BCUT2D eigenvalue weighted by molar-refractivity contribution is 6.30. The average Bonchev–Trinajstić information content (AvgIpc) is 2.29. The van der Waals surface area contributed by atoms with Crippen molar-refractivity contribution in [2.24, 2.45) is 5.92 Å². The van der Waals surface area contributed by atoms with Gasteiger partial charge in [0.2, 0.25) is 0 Å². The molecule has 0 bridgehead atoms. The molecule has 1 aromatic rings. The van der Waals surface area contributed by atoms with Crippen LogP contribution in [0, 0.1) is 5.92 Å². The summed E-state index contributed by atoms with van der Waals surface area (Å²) in [7, 11) is 0. The third kappa shape index (κ3) is 3.47. The Morgan fingerprint density at radius 3 is 2.65 bits per heavy atom. The van der Waals surface area contributed by atoms with Crippen LogP contribution in [0.2, 0.25) is 5.02 Å². The first-order valence-corrected chi connectivity index (χ1v) is 6.59. The SMILES string of the molecule is CC1CCCC(NC(=O)c2ccc(Cl)cc2)C1. The van der Waals surface area contributed by atoms with Crippen LogP contribution in [0.1, 0.15) is 43.0 Å². The molecular formula is C14H18ClNO. The third-order valence-corrected chi connectivity index (χ3v) is 3.63. The predicted octanol–water partition coefficient (Wildman–Crippen LogP) is 3.65. The number of amides is 1. The zero-order chi connectivity index (χ0) is 12.3. The summed E-state index contributed by atoms with van der Waals surface area (Å²) in [6.07, 6.45) is 4.70. The van der Waals surface area contributed by atoms with E-state index in [1.54, 1.807) is 24.3 Å². The van der Waals surface area contributed by atoms with Crippen LogP contribution in [0.3, 0.4) is 0 Å². The number of carbonyl (C=O) groups is 1. The second-order valence-corrected chi connectivity index (χ2v) is 5.39. The first-order valence-electron chi connectivity index (χ1n) is 6.21. The fraction of sp³-hybridized carbons (Fsp3) is 0.500. The summed E-state index contributed by atoms with van der Waals surface area (Å²) < 4.78 is 0. The van der Waals surface area contributed by atoms with Crippen molar-refractivity contribution in [2.75, 3.05) is 0 Å². The molecule has 2 nitrogen and oxygen atoms in total. The van der Waals surface area contributed by atoms with Gasteiger partial charge in [-0.3, -0.25) is 4.79 Å². The summed E-state index contributed by atoms with van der Waals surface area (Å²) in [5.74, 6) is 0.736. The minimum absolute atomic E-state index is 0.0146. The molecule has 17 heavy (non-hydrogen) atoms. The van der Waals surface area contributed by atoms with Gasteiger partial charge in [-0.25, -0.2) is 0 Å². The van der Waals surface area contributed by atoms with E-state index in [2.05, 4.69) is 12.2 Å². The number of benzene rings is 1. The molecule has 0 saturated heterocycles. The summed E-state index contributed by atoms with van der Waals surface area (Å²) in [6, 6.07) is 7.37. The second kappa shape index (κ2) is 5.54. The largest absolute Gasteiger partial charge is 0.349 e. The minimum atomic E-state index is 0.0146. The summed E-state index contributed by atoms with van der Waals surface area (Å²) in [5.41, 5.74) is 0.688. The molecule has 1 saturated carbocycles. The maximum atomic E-state index is 12.0. The van der Waals surface area contributed by atoms with Crippen LogP contribution in [0.5, 0.6) is 0 Å². The van der Waals surface area contributed by atoms with Gasteiger partial charge in [0, 0.05) is 16.6 Å². The monoisotopic (exact) mass is 251 g/mol. The summed E-state index contributed by atoms with van der Waals surface area (Å²) in [5, 5.41) is 3.76. The van der Waals surface area contributed by atoms with Gasteiger partial charge in [0.15, 0.2) is 0 Å². The maximum Gasteiger partial charge on any atom is 0.251 e. The van der Waals surface area contributed by atoms with E-state index in [0.717, 1.165) is 18.8 Å². The van der Waals surface area contributed by atoms with Crippen molar-refractivity contribution >= 4 is 17.5 Å². The molecule has 1 aliphatic rings. The predicted molar refractivity (Wildman–Crippen MR) is 70.3 cm³/mol. The van der Waals surface area contributed by atoms with Gasteiger partial charge < -0.3 is 5.32 Å². The van der Waals surface area contributed by atoms with Crippen molar-refractivity contribution in [3.63, 3.8) is 0 Å². The van der Waals surface area contributed by atoms with Crippen LogP contribution < -0.4 is 5.32 Å². The van der Waals surface area contributed by atoms with Crippen LogP contribution in [0.4, 0.5) is 0 Å². The highest BCUT2D eigenvalue weighted by Gasteiger charge is 2.20. The Bertz CT molecular complexity index is 388. The van der Waals surface area contributed by atoms with Gasteiger partial charge in [0.05, 0.1) is 0 Å². The molecule has 2 unspecified atom stereocenters. The molecule has 1 fully saturated rings. The van der Waals surface area contributed by atoms with E-state index >= 15 is 0 Å². The van der Waals surface area contributed by atoms with Crippen molar-refractivity contribution in [3.8, 4) is 0 Å². The maximum absolute atomic E-state index is 12.0. The molecule has 0 aliphatic heterocycles. The van der Waals surface area contributed by atoms with Gasteiger partial charge in [-0.2, -0.15) is 0 Å². The van der Waals surface area contributed by atoms with Gasteiger partial charge in [0.25, 0.3) is 5.91 Å². The highest BCUT2D eigenvalue weighted by Crippen LogP contribution is 2.23. The van der Waals surface area contributed by atoms with Crippen LogP contribution in [0.25, 0.3) is 0 Å². The molecule has 0 spiro atoms. The molecule has 1 amide bonds. The van der Waals surface area contributed by atoms with Gasteiger partial charge in [0.1, 0.15) is 0 Å². The Hall–Kier alpha value is -1.02. The lowest BCUT2D eigenvalue weighted by atomic mass is 9.87. The van der Waals surface area contributed by atoms with E-state index in [1.165, 1.54) is 12.8 Å². The zero-order valence-electron chi connectivity index (χ0n) is 10.1. The quantitative estimate of drug-likeness (QED) is 0.854. The zero-order valence-corrected chi connectivity index (χ0v) is 10.8. The lowest BCUT2D eigenvalue weighted by molar-refractivity contribution is 0.0921.